The van der Waals surface area contributed by atoms with Crippen LogP contribution in [0.1, 0.15) is 85.1 Å². The first-order chi connectivity index (χ1) is 15.1. The summed E-state index contributed by atoms with van der Waals surface area (Å²) in [6, 6.07) is 10.5. The average molecular weight is 439 g/mol. The number of aliphatic hydroxyl groups is 1. The van der Waals surface area contributed by atoms with E-state index < -0.39 is 11.4 Å². The zero-order chi connectivity index (χ0) is 22.5. The third-order valence-corrected chi connectivity index (χ3v) is 11.2. The molecule has 1 aromatic carbocycles. The molecule has 1 aromatic rings. The zero-order valence-electron chi connectivity index (χ0n) is 20.6. The van der Waals surface area contributed by atoms with E-state index in [4.69, 9.17) is 9.47 Å². The molecule has 3 nitrogen and oxygen atoms in total. The maximum absolute atomic E-state index is 12.2. The molecule has 6 rings (SSSR count). The largest absolute Gasteiger partial charge is 0.385 e. The number of rotatable bonds is 1. The lowest BCUT2D eigenvalue weighted by molar-refractivity contribution is -0.202. The number of hydrogen-bond donors (Lipinski definition) is 1. The van der Waals surface area contributed by atoms with Crippen molar-refractivity contribution in [1.29, 1.82) is 0 Å². The van der Waals surface area contributed by atoms with Crippen LogP contribution in [0.4, 0.5) is 0 Å². The Bertz CT molecular complexity index is 882. The SMILES string of the molecule is C[C@H]1CC[C@@]2(C)[C@H](C1)[C@H]1OC(C)(C)O[C@@H]1C1[C@@H]2CC[C@@]2(C)[C@H]1CC[C@@]2(O)c1ccccc1. The first kappa shape index (κ1) is 21.6. The van der Waals surface area contributed by atoms with Gasteiger partial charge in [0.1, 0.15) is 0 Å². The van der Waals surface area contributed by atoms with Crippen molar-refractivity contribution >= 4 is 0 Å². The van der Waals surface area contributed by atoms with Gasteiger partial charge in [0.2, 0.25) is 0 Å². The predicted molar refractivity (Wildman–Crippen MR) is 126 cm³/mol. The topological polar surface area (TPSA) is 38.7 Å². The Morgan fingerprint density at radius 1 is 0.812 bits per heavy atom. The van der Waals surface area contributed by atoms with E-state index in [2.05, 4.69) is 65.0 Å². The molecule has 5 aliphatic rings. The van der Waals surface area contributed by atoms with Gasteiger partial charge in [-0.05, 0) is 92.9 Å². The van der Waals surface area contributed by atoms with Crippen LogP contribution >= 0.6 is 0 Å². The van der Waals surface area contributed by atoms with Gasteiger partial charge in [0.15, 0.2) is 5.79 Å². The maximum atomic E-state index is 12.2. The molecular weight excluding hydrogens is 396 g/mol. The molecule has 10 atom stereocenters. The maximum Gasteiger partial charge on any atom is 0.163 e. The van der Waals surface area contributed by atoms with Gasteiger partial charge in [0.25, 0.3) is 0 Å². The minimum absolute atomic E-state index is 0.110. The molecule has 0 radical (unpaired) electrons. The normalized spacial score (nSPS) is 53.8. The van der Waals surface area contributed by atoms with Crippen LogP contribution in [-0.2, 0) is 15.1 Å². The molecule has 1 aliphatic heterocycles. The van der Waals surface area contributed by atoms with E-state index in [1.165, 1.54) is 25.7 Å². The highest BCUT2D eigenvalue weighted by Crippen LogP contribution is 2.71. The fourth-order valence-electron chi connectivity index (χ4n) is 9.59. The summed E-state index contributed by atoms with van der Waals surface area (Å²) in [7, 11) is 0. The highest BCUT2D eigenvalue weighted by molar-refractivity contribution is 5.30. The standard InChI is InChI=1S/C29H42O3/c1-18-11-14-27(4)20-12-15-28(5)21(13-16-29(28,30)19-9-7-6-8-10-19)23(20)25-24(22(27)17-18)31-26(2,3)32-25/h6-10,18,20-25,30H,11-17H2,1-5H3/t18-,20-,21-,22+,23?,24+,25+,27+,28-,29+/m0/s1. The smallest absolute Gasteiger partial charge is 0.163 e. The second-order valence-corrected chi connectivity index (χ2v) is 13.1. The van der Waals surface area contributed by atoms with Crippen molar-refractivity contribution < 1.29 is 14.6 Å². The number of hydrogen-bond acceptors (Lipinski definition) is 3. The van der Waals surface area contributed by atoms with Crippen molar-refractivity contribution in [2.45, 2.75) is 103 Å². The summed E-state index contributed by atoms with van der Waals surface area (Å²) < 4.78 is 13.5. The molecule has 176 valence electrons. The van der Waals surface area contributed by atoms with Crippen molar-refractivity contribution in [3.05, 3.63) is 35.9 Å². The summed E-state index contributed by atoms with van der Waals surface area (Å²) in [5.41, 5.74) is 0.584. The highest BCUT2D eigenvalue weighted by atomic mass is 16.8. The fourth-order valence-corrected chi connectivity index (χ4v) is 9.59. The first-order valence-electron chi connectivity index (χ1n) is 13.2. The summed E-state index contributed by atoms with van der Waals surface area (Å²) in [4.78, 5) is 0. The Hall–Kier alpha value is -0.900. The Morgan fingerprint density at radius 3 is 2.25 bits per heavy atom. The van der Waals surface area contributed by atoms with E-state index in [-0.39, 0.29) is 17.6 Å². The van der Waals surface area contributed by atoms with E-state index in [9.17, 15) is 5.11 Å². The van der Waals surface area contributed by atoms with Crippen LogP contribution in [0.5, 0.6) is 0 Å². The van der Waals surface area contributed by atoms with Crippen LogP contribution < -0.4 is 0 Å². The van der Waals surface area contributed by atoms with E-state index >= 15 is 0 Å². The van der Waals surface area contributed by atoms with Crippen molar-refractivity contribution in [1.82, 2.24) is 0 Å². The summed E-state index contributed by atoms with van der Waals surface area (Å²) >= 11 is 0. The molecule has 1 heterocycles. The Balaban J connectivity index is 1.43. The van der Waals surface area contributed by atoms with Crippen LogP contribution in [0, 0.1) is 40.4 Å². The van der Waals surface area contributed by atoms with Gasteiger partial charge in [-0.2, -0.15) is 0 Å². The van der Waals surface area contributed by atoms with Gasteiger partial charge in [0.05, 0.1) is 17.8 Å². The van der Waals surface area contributed by atoms with Crippen LogP contribution in [0.3, 0.4) is 0 Å². The lowest BCUT2D eigenvalue weighted by Crippen LogP contribution is -2.63. The lowest BCUT2D eigenvalue weighted by atomic mass is 9.42. The van der Waals surface area contributed by atoms with Gasteiger partial charge in [-0.3, -0.25) is 0 Å². The van der Waals surface area contributed by atoms with E-state index in [0.717, 1.165) is 30.7 Å². The van der Waals surface area contributed by atoms with Crippen molar-refractivity contribution in [2.75, 3.05) is 0 Å². The first-order valence-corrected chi connectivity index (χ1v) is 13.2. The molecule has 0 aromatic heterocycles. The third kappa shape index (κ3) is 2.71. The second kappa shape index (κ2) is 6.83. The number of ether oxygens (including phenoxy) is 2. The molecule has 1 unspecified atom stereocenters. The van der Waals surface area contributed by atoms with E-state index in [1.54, 1.807) is 0 Å². The molecule has 0 bridgehead atoms. The minimum atomic E-state index is -0.743. The summed E-state index contributed by atoms with van der Waals surface area (Å²) in [6.07, 6.45) is 8.58. The third-order valence-electron chi connectivity index (χ3n) is 11.2. The summed E-state index contributed by atoms with van der Waals surface area (Å²) in [5.74, 6) is 2.50. The lowest BCUT2D eigenvalue weighted by Gasteiger charge is -2.64. The van der Waals surface area contributed by atoms with Crippen LogP contribution in [0.2, 0.25) is 0 Å². The molecule has 0 spiro atoms. The van der Waals surface area contributed by atoms with Crippen molar-refractivity contribution in [3.8, 4) is 0 Å². The number of fused-ring (bicyclic) bond motifs is 8. The van der Waals surface area contributed by atoms with Crippen molar-refractivity contribution in [2.24, 2.45) is 40.4 Å². The van der Waals surface area contributed by atoms with E-state index in [0.29, 0.717) is 29.1 Å². The molecule has 1 saturated heterocycles. The Labute approximate surface area is 194 Å². The van der Waals surface area contributed by atoms with Crippen LogP contribution in [0.15, 0.2) is 30.3 Å². The average Bonchev–Trinajstić information content (AvgIpc) is 3.23. The van der Waals surface area contributed by atoms with Gasteiger partial charge < -0.3 is 14.6 Å². The summed E-state index contributed by atoms with van der Waals surface area (Å²) in [6.45, 7) is 11.6. The highest BCUT2D eigenvalue weighted by Gasteiger charge is 2.70. The molecule has 0 amide bonds. The van der Waals surface area contributed by atoms with Gasteiger partial charge in [0, 0.05) is 5.41 Å². The molecular formula is C29H42O3. The van der Waals surface area contributed by atoms with Gasteiger partial charge in [-0.25, -0.2) is 0 Å². The van der Waals surface area contributed by atoms with E-state index in [1.807, 2.05) is 0 Å². The molecule has 32 heavy (non-hydrogen) atoms. The fraction of sp³-hybridized carbons (Fsp3) is 0.793. The van der Waals surface area contributed by atoms with Gasteiger partial charge in [-0.1, -0.05) is 57.5 Å². The molecule has 5 fully saturated rings. The molecule has 1 N–H and O–H groups in total. The zero-order valence-corrected chi connectivity index (χ0v) is 20.6. The Kier molecular flexibility index (Phi) is 4.61. The second-order valence-electron chi connectivity index (χ2n) is 13.1. The van der Waals surface area contributed by atoms with Crippen LogP contribution in [-0.4, -0.2) is 23.1 Å². The van der Waals surface area contributed by atoms with Gasteiger partial charge >= 0.3 is 0 Å². The van der Waals surface area contributed by atoms with Crippen LogP contribution in [0.25, 0.3) is 0 Å². The molecule has 4 aliphatic carbocycles. The quantitative estimate of drug-likeness (QED) is 0.560. The summed E-state index contributed by atoms with van der Waals surface area (Å²) in [5, 5.41) is 12.2. The number of benzene rings is 1. The van der Waals surface area contributed by atoms with Crippen molar-refractivity contribution in [3.63, 3.8) is 0 Å². The molecule has 3 heteroatoms. The minimum Gasteiger partial charge on any atom is -0.385 e. The van der Waals surface area contributed by atoms with Gasteiger partial charge in [-0.15, -0.1) is 0 Å². The Morgan fingerprint density at radius 2 is 1.50 bits per heavy atom. The molecule has 4 saturated carbocycles. The predicted octanol–water partition coefficient (Wildman–Crippen LogP) is 6.29. The monoisotopic (exact) mass is 438 g/mol.